The second-order valence-corrected chi connectivity index (χ2v) is 4.28. The highest BCUT2D eigenvalue weighted by atomic mass is 19.3. The van der Waals surface area contributed by atoms with Crippen LogP contribution in [0.1, 0.15) is 12.5 Å². The summed E-state index contributed by atoms with van der Waals surface area (Å²) < 4.78 is 34.1. The monoisotopic (exact) mass is 289 g/mol. The molecular formula is C13H17F2NO4. The lowest BCUT2D eigenvalue weighted by molar-refractivity contribution is -0.142. The molecular weight excluding hydrogens is 272 g/mol. The molecule has 1 aromatic rings. The van der Waals surface area contributed by atoms with E-state index in [1.54, 1.807) is 13.1 Å². The highest BCUT2D eigenvalue weighted by molar-refractivity contribution is 5.72. The van der Waals surface area contributed by atoms with Crippen LogP contribution >= 0.6 is 0 Å². The van der Waals surface area contributed by atoms with Crippen LogP contribution in [0.4, 0.5) is 8.78 Å². The van der Waals surface area contributed by atoms with Crippen LogP contribution in [0.25, 0.3) is 0 Å². The average molecular weight is 289 g/mol. The molecule has 20 heavy (non-hydrogen) atoms. The third-order valence-electron chi connectivity index (χ3n) is 2.92. The zero-order valence-electron chi connectivity index (χ0n) is 11.5. The summed E-state index contributed by atoms with van der Waals surface area (Å²) in [6.45, 7) is -1.28. The Morgan fingerprint density at radius 3 is 2.60 bits per heavy atom. The third-order valence-corrected chi connectivity index (χ3v) is 2.92. The molecule has 1 aromatic carbocycles. The first kappa shape index (κ1) is 16.2. The summed E-state index contributed by atoms with van der Waals surface area (Å²) in [5, 5.41) is 8.93. The SMILES string of the molecule is COc1ccc(OC(F)F)c(CN(C)C(C)C(=O)O)c1. The molecule has 0 heterocycles. The second-order valence-electron chi connectivity index (χ2n) is 4.28. The number of hydrogen-bond acceptors (Lipinski definition) is 4. The molecule has 0 radical (unpaired) electrons. The van der Waals surface area contributed by atoms with Crippen molar-refractivity contribution in [2.75, 3.05) is 14.2 Å². The normalized spacial score (nSPS) is 12.6. The Hall–Kier alpha value is -1.89. The number of benzene rings is 1. The average Bonchev–Trinajstić information content (AvgIpc) is 2.38. The molecule has 0 aliphatic rings. The number of carbonyl (C=O) groups is 1. The number of ether oxygens (including phenoxy) is 2. The van der Waals surface area contributed by atoms with Crippen molar-refractivity contribution in [3.05, 3.63) is 23.8 Å². The number of carboxylic acid groups (broad SMARTS) is 1. The van der Waals surface area contributed by atoms with Crippen molar-refractivity contribution in [2.24, 2.45) is 0 Å². The molecule has 1 N–H and O–H groups in total. The maximum atomic E-state index is 12.3. The molecule has 112 valence electrons. The van der Waals surface area contributed by atoms with Gasteiger partial charge in [0, 0.05) is 12.1 Å². The summed E-state index contributed by atoms with van der Waals surface area (Å²) in [5.74, 6) is -0.505. The van der Waals surface area contributed by atoms with E-state index >= 15 is 0 Å². The fourth-order valence-electron chi connectivity index (χ4n) is 1.61. The quantitative estimate of drug-likeness (QED) is 0.834. The minimum Gasteiger partial charge on any atom is -0.497 e. The lowest BCUT2D eigenvalue weighted by Crippen LogP contribution is -2.35. The van der Waals surface area contributed by atoms with E-state index in [2.05, 4.69) is 4.74 Å². The largest absolute Gasteiger partial charge is 0.497 e. The van der Waals surface area contributed by atoms with Gasteiger partial charge in [-0.2, -0.15) is 8.78 Å². The predicted octanol–water partition coefficient (Wildman–Crippen LogP) is 2.20. The number of carboxylic acids is 1. The predicted molar refractivity (Wildman–Crippen MR) is 68.2 cm³/mol. The van der Waals surface area contributed by atoms with Crippen LogP contribution in [0.3, 0.4) is 0 Å². The smallest absolute Gasteiger partial charge is 0.387 e. The molecule has 0 aliphatic heterocycles. The van der Waals surface area contributed by atoms with Crippen LogP contribution in [0.5, 0.6) is 11.5 Å². The van der Waals surface area contributed by atoms with Crippen molar-refractivity contribution >= 4 is 5.97 Å². The van der Waals surface area contributed by atoms with E-state index in [-0.39, 0.29) is 12.3 Å². The van der Waals surface area contributed by atoms with Gasteiger partial charge in [0.05, 0.1) is 7.11 Å². The molecule has 0 aliphatic carbocycles. The van der Waals surface area contributed by atoms with Gasteiger partial charge in [-0.1, -0.05) is 0 Å². The Kier molecular flexibility index (Phi) is 5.69. The van der Waals surface area contributed by atoms with Gasteiger partial charge in [-0.25, -0.2) is 0 Å². The van der Waals surface area contributed by atoms with Crippen LogP contribution in [-0.4, -0.2) is 42.8 Å². The molecule has 0 bridgehead atoms. The van der Waals surface area contributed by atoms with Crippen LogP contribution in [0.2, 0.25) is 0 Å². The molecule has 0 saturated heterocycles. The van der Waals surface area contributed by atoms with Crippen molar-refractivity contribution in [1.29, 1.82) is 0 Å². The number of halogens is 2. The van der Waals surface area contributed by atoms with Gasteiger partial charge in [-0.3, -0.25) is 9.69 Å². The van der Waals surface area contributed by atoms with E-state index in [0.717, 1.165) is 0 Å². The Morgan fingerprint density at radius 2 is 2.10 bits per heavy atom. The van der Waals surface area contributed by atoms with Gasteiger partial charge in [0.15, 0.2) is 0 Å². The first-order valence-electron chi connectivity index (χ1n) is 5.90. The first-order chi connectivity index (χ1) is 9.35. The number of likely N-dealkylation sites (N-methyl/N-ethyl adjacent to an activating group) is 1. The summed E-state index contributed by atoms with van der Waals surface area (Å²) in [7, 11) is 3.04. The van der Waals surface area contributed by atoms with E-state index in [0.29, 0.717) is 11.3 Å². The van der Waals surface area contributed by atoms with Crippen LogP contribution in [0.15, 0.2) is 18.2 Å². The maximum Gasteiger partial charge on any atom is 0.387 e. The number of methoxy groups -OCH3 is 1. The van der Waals surface area contributed by atoms with Crippen molar-refractivity contribution < 1.29 is 28.2 Å². The maximum absolute atomic E-state index is 12.3. The number of rotatable bonds is 7. The molecule has 1 unspecified atom stereocenters. The molecule has 0 fully saturated rings. The van der Waals surface area contributed by atoms with E-state index in [1.165, 1.54) is 31.1 Å². The summed E-state index contributed by atoms with van der Waals surface area (Å²) in [6, 6.07) is 3.67. The topological polar surface area (TPSA) is 59.0 Å². The number of alkyl halides is 2. The Balaban J connectivity index is 2.97. The van der Waals surface area contributed by atoms with Crippen molar-refractivity contribution in [3.8, 4) is 11.5 Å². The van der Waals surface area contributed by atoms with E-state index in [4.69, 9.17) is 9.84 Å². The minimum atomic E-state index is -2.94. The van der Waals surface area contributed by atoms with Crippen LogP contribution < -0.4 is 9.47 Å². The molecule has 7 heteroatoms. The van der Waals surface area contributed by atoms with Gasteiger partial charge in [-0.15, -0.1) is 0 Å². The van der Waals surface area contributed by atoms with Gasteiger partial charge in [0.1, 0.15) is 17.5 Å². The third kappa shape index (κ3) is 4.34. The van der Waals surface area contributed by atoms with Crippen LogP contribution in [-0.2, 0) is 11.3 Å². The van der Waals surface area contributed by atoms with Crippen molar-refractivity contribution in [3.63, 3.8) is 0 Å². The molecule has 1 atom stereocenters. The first-order valence-corrected chi connectivity index (χ1v) is 5.90. The molecule has 0 amide bonds. The highest BCUT2D eigenvalue weighted by Gasteiger charge is 2.19. The van der Waals surface area contributed by atoms with Crippen molar-refractivity contribution in [1.82, 2.24) is 4.90 Å². The van der Waals surface area contributed by atoms with Gasteiger partial charge in [0.25, 0.3) is 0 Å². The summed E-state index contributed by atoms with van der Waals surface area (Å²) in [5.41, 5.74) is 0.431. The highest BCUT2D eigenvalue weighted by Crippen LogP contribution is 2.27. The number of hydrogen-bond donors (Lipinski definition) is 1. The van der Waals surface area contributed by atoms with Crippen molar-refractivity contribution in [2.45, 2.75) is 26.1 Å². The Morgan fingerprint density at radius 1 is 1.45 bits per heavy atom. The minimum absolute atomic E-state index is 0.00485. The summed E-state index contributed by atoms with van der Waals surface area (Å²) in [6.07, 6.45) is 0. The summed E-state index contributed by atoms with van der Waals surface area (Å²) >= 11 is 0. The Bertz CT molecular complexity index is 468. The van der Waals surface area contributed by atoms with Gasteiger partial charge in [-0.05, 0) is 32.2 Å². The van der Waals surface area contributed by atoms with E-state index in [1.807, 2.05) is 0 Å². The zero-order valence-corrected chi connectivity index (χ0v) is 11.5. The molecule has 0 saturated carbocycles. The molecule has 0 aromatic heterocycles. The van der Waals surface area contributed by atoms with Gasteiger partial charge >= 0.3 is 12.6 Å². The summed E-state index contributed by atoms with van der Waals surface area (Å²) in [4.78, 5) is 12.4. The standard InChI is InChI=1S/C13H17F2NO4/c1-8(12(17)18)16(2)7-9-6-10(19-3)4-5-11(9)20-13(14)15/h4-6,8,13H,7H2,1-3H3,(H,17,18). The lowest BCUT2D eigenvalue weighted by Gasteiger charge is -2.22. The molecule has 1 rings (SSSR count). The second kappa shape index (κ2) is 7.04. The fourth-order valence-corrected chi connectivity index (χ4v) is 1.61. The molecule has 0 spiro atoms. The zero-order chi connectivity index (χ0) is 15.3. The van der Waals surface area contributed by atoms with E-state index < -0.39 is 18.6 Å². The fraction of sp³-hybridized carbons (Fsp3) is 0.462. The molecule has 5 nitrogen and oxygen atoms in total. The van der Waals surface area contributed by atoms with E-state index in [9.17, 15) is 13.6 Å². The van der Waals surface area contributed by atoms with Gasteiger partial charge in [0.2, 0.25) is 0 Å². The van der Waals surface area contributed by atoms with Gasteiger partial charge < -0.3 is 14.6 Å². The van der Waals surface area contributed by atoms with Crippen LogP contribution in [0, 0.1) is 0 Å². The Labute approximate surface area is 115 Å². The lowest BCUT2D eigenvalue weighted by atomic mass is 10.1. The number of nitrogens with zero attached hydrogens (tertiary/aromatic N) is 1. The number of aliphatic carboxylic acids is 1.